The van der Waals surface area contributed by atoms with Crippen LogP contribution in [0.4, 0.5) is 23.0 Å². The Morgan fingerprint density at radius 3 is 2.28 bits per heavy atom. The van der Waals surface area contributed by atoms with Gasteiger partial charge >= 0.3 is 0 Å². The van der Waals surface area contributed by atoms with Gasteiger partial charge < -0.3 is 10.6 Å². The van der Waals surface area contributed by atoms with Crippen LogP contribution in [0.5, 0.6) is 0 Å². The molecule has 5 nitrogen and oxygen atoms in total. The minimum absolute atomic E-state index is 0.0185. The number of ketones is 1. The molecular formula is C19H17ClN4O. The molecule has 6 heteroatoms. The molecule has 0 amide bonds. The Bertz CT molecular complexity index is 927. The third-order valence-corrected chi connectivity index (χ3v) is 4.06. The molecule has 0 aliphatic carbocycles. The van der Waals surface area contributed by atoms with Crippen LogP contribution in [0.2, 0.25) is 5.02 Å². The van der Waals surface area contributed by atoms with Gasteiger partial charge in [-0.2, -0.15) is 0 Å². The van der Waals surface area contributed by atoms with Crippen molar-refractivity contribution in [3.05, 3.63) is 71.0 Å². The van der Waals surface area contributed by atoms with Crippen molar-refractivity contribution < 1.29 is 4.79 Å². The molecule has 2 aromatic carbocycles. The highest BCUT2D eigenvalue weighted by atomic mass is 35.5. The van der Waals surface area contributed by atoms with Gasteiger partial charge in [-0.15, -0.1) is 0 Å². The first-order chi connectivity index (χ1) is 12.0. The van der Waals surface area contributed by atoms with E-state index in [0.717, 1.165) is 16.9 Å². The van der Waals surface area contributed by atoms with Crippen molar-refractivity contribution in [3.63, 3.8) is 0 Å². The smallest absolute Gasteiger partial charge is 0.159 e. The lowest BCUT2D eigenvalue weighted by atomic mass is 10.1. The number of halogens is 1. The number of aryl methyl sites for hydroxylation is 1. The van der Waals surface area contributed by atoms with Crippen molar-refractivity contribution in [1.29, 1.82) is 0 Å². The van der Waals surface area contributed by atoms with E-state index in [1.165, 1.54) is 6.33 Å². The highest BCUT2D eigenvalue weighted by Gasteiger charge is 2.04. The molecule has 126 valence electrons. The van der Waals surface area contributed by atoms with Crippen molar-refractivity contribution in [2.24, 2.45) is 0 Å². The molecule has 0 fully saturated rings. The summed E-state index contributed by atoms with van der Waals surface area (Å²) in [5.74, 6) is 1.28. The normalized spacial score (nSPS) is 10.4. The maximum atomic E-state index is 11.5. The summed E-state index contributed by atoms with van der Waals surface area (Å²) in [6, 6.07) is 14.8. The second-order valence-corrected chi connectivity index (χ2v) is 6.05. The summed E-state index contributed by atoms with van der Waals surface area (Å²) in [7, 11) is 0. The lowest BCUT2D eigenvalue weighted by Crippen LogP contribution is -1.99. The summed E-state index contributed by atoms with van der Waals surface area (Å²) in [5, 5.41) is 7.07. The molecule has 0 aliphatic heterocycles. The first kappa shape index (κ1) is 16.9. The van der Waals surface area contributed by atoms with Crippen LogP contribution in [0, 0.1) is 6.92 Å². The summed E-state index contributed by atoms with van der Waals surface area (Å²) in [4.78, 5) is 19.9. The number of carbonyl (C=O) groups excluding carboxylic acids is 1. The average Bonchev–Trinajstić information content (AvgIpc) is 2.59. The van der Waals surface area contributed by atoms with E-state index < -0.39 is 0 Å². The Hall–Kier alpha value is -2.92. The third kappa shape index (κ3) is 4.33. The predicted octanol–water partition coefficient (Wildman–Crippen LogP) is 5.13. The Morgan fingerprint density at radius 1 is 0.960 bits per heavy atom. The van der Waals surface area contributed by atoms with E-state index >= 15 is 0 Å². The zero-order valence-corrected chi connectivity index (χ0v) is 14.6. The first-order valence-corrected chi connectivity index (χ1v) is 8.12. The van der Waals surface area contributed by atoms with Gasteiger partial charge in [0.2, 0.25) is 0 Å². The first-order valence-electron chi connectivity index (χ1n) is 7.74. The van der Waals surface area contributed by atoms with E-state index in [1.807, 2.05) is 37.3 Å². The zero-order chi connectivity index (χ0) is 17.8. The number of rotatable bonds is 5. The van der Waals surface area contributed by atoms with Crippen molar-refractivity contribution in [2.45, 2.75) is 13.8 Å². The van der Waals surface area contributed by atoms with E-state index in [9.17, 15) is 4.79 Å². The lowest BCUT2D eigenvalue weighted by molar-refractivity contribution is 0.101. The fourth-order valence-electron chi connectivity index (χ4n) is 2.28. The van der Waals surface area contributed by atoms with Crippen molar-refractivity contribution >= 4 is 40.4 Å². The largest absolute Gasteiger partial charge is 0.340 e. The summed E-state index contributed by atoms with van der Waals surface area (Å²) in [6.07, 6.45) is 1.47. The average molecular weight is 353 g/mol. The molecular weight excluding hydrogens is 336 g/mol. The van der Waals surface area contributed by atoms with Gasteiger partial charge in [0.25, 0.3) is 0 Å². The van der Waals surface area contributed by atoms with Gasteiger partial charge in [-0.3, -0.25) is 4.79 Å². The predicted molar refractivity (Wildman–Crippen MR) is 101 cm³/mol. The second kappa shape index (κ2) is 7.32. The molecule has 3 rings (SSSR count). The number of nitrogens with zero attached hydrogens (tertiary/aromatic N) is 2. The summed E-state index contributed by atoms with van der Waals surface area (Å²) in [5.41, 5.74) is 3.30. The minimum atomic E-state index is 0.0185. The number of hydrogen-bond donors (Lipinski definition) is 2. The molecule has 2 N–H and O–H groups in total. The van der Waals surface area contributed by atoms with E-state index in [-0.39, 0.29) is 5.78 Å². The van der Waals surface area contributed by atoms with Gasteiger partial charge in [-0.25, -0.2) is 9.97 Å². The van der Waals surface area contributed by atoms with Crippen LogP contribution in [-0.2, 0) is 0 Å². The molecule has 25 heavy (non-hydrogen) atoms. The van der Waals surface area contributed by atoms with Crippen LogP contribution in [-0.4, -0.2) is 15.8 Å². The highest BCUT2D eigenvalue weighted by Crippen LogP contribution is 2.24. The van der Waals surface area contributed by atoms with E-state index in [0.29, 0.717) is 22.2 Å². The molecule has 0 spiro atoms. The molecule has 0 aliphatic rings. The van der Waals surface area contributed by atoms with Gasteiger partial charge in [-0.1, -0.05) is 29.8 Å². The van der Waals surface area contributed by atoms with Gasteiger partial charge in [0.1, 0.15) is 18.0 Å². The Balaban J connectivity index is 1.78. The SMILES string of the molecule is CC(=O)c1cccc(Nc2cc(Nc3ccc(C)c(Cl)c3)ncn2)c1. The minimum Gasteiger partial charge on any atom is -0.340 e. The van der Waals surface area contributed by atoms with Crippen LogP contribution in [0.15, 0.2) is 54.9 Å². The fourth-order valence-corrected chi connectivity index (χ4v) is 2.46. The van der Waals surface area contributed by atoms with Crippen LogP contribution in [0.3, 0.4) is 0 Å². The number of aromatic nitrogens is 2. The molecule has 0 atom stereocenters. The highest BCUT2D eigenvalue weighted by molar-refractivity contribution is 6.31. The maximum Gasteiger partial charge on any atom is 0.159 e. The number of benzene rings is 2. The fraction of sp³-hybridized carbons (Fsp3) is 0.105. The van der Waals surface area contributed by atoms with Crippen LogP contribution >= 0.6 is 11.6 Å². The number of nitrogens with one attached hydrogen (secondary N) is 2. The molecule has 0 unspecified atom stereocenters. The topological polar surface area (TPSA) is 66.9 Å². The van der Waals surface area contributed by atoms with Crippen molar-refractivity contribution in [1.82, 2.24) is 9.97 Å². The summed E-state index contributed by atoms with van der Waals surface area (Å²) < 4.78 is 0. The van der Waals surface area contributed by atoms with E-state index in [1.54, 1.807) is 25.1 Å². The zero-order valence-electron chi connectivity index (χ0n) is 13.9. The standard InChI is InChI=1S/C19H17ClN4O/c1-12-6-7-16(9-17(12)20)24-19-10-18(21-11-22-19)23-15-5-3-4-14(8-15)13(2)25/h3-11H,1-2H3,(H2,21,22,23,24). The van der Waals surface area contributed by atoms with Crippen LogP contribution < -0.4 is 10.6 Å². The summed E-state index contributed by atoms with van der Waals surface area (Å²) in [6.45, 7) is 3.49. The molecule has 1 aromatic heterocycles. The van der Waals surface area contributed by atoms with Crippen molar-refractivity contribution in [3.8, 4) is 0 Å². The number of hydrogen-bond acceptors (Lipinski definition) is 5. The van der Waals surface area contributed by atoms with Crippen molar-refractivity contribution in [2.75, 3.05) is 10.6 Å². The van der Waals surface area contributed by atoms with Gasteiger partial charge in [-0.05, 0) is 43.7 Å². The second-order valence-electron chi connectivity index (χ2n) is 5.64. The third-order valence-electron chi connectivity index (χ3n) is 3.65. The molecule has 0 radical (unpaired) electrons. The maximum absolute atomic E-state index is 11.5. The Morgan fingerprint density at radius 2 is 1.64 bits per heavy atom. The van der Waals surface area contributed by atoms with Crippen LogP contribution in [0.1, 0.15) is 22.8 Å². The molecule has 0 saturated carbocycles. The Labute approximate surface area is 151 Å². The molecule has 0 saturated heterocycles. The van der Waals surface area contributed by atoms with Gasteiger partial charge in [0.05, 0.1) is 0 Å². The molecule has 1 heterocycles. The van der Waals surface area contributed by atoms with E-state index in [4.69, 9.17) is 11.6 Å². The van der Waals surface area contributed by atoms with Crippen LogP contribution in [0.25, 0.3) is 0 Å². The molecule has 0 bridgehead atoms. The monoisotopic (exact) mass is 352 g/mol. The lowest BCUT2D eigenvalue weighted by Gasteiger charge is -2.10. The van der Waals surface area contributed by atoms with E-state index in [2.05, 4.69) is 20.6 Å². The number of anilines is 4. The van der Waals surface area contributed by atoms with Gasteiger partial charge in [0.15, 0.2) is 5.78 Å². The summed E-state index contributed by atoms with van der Waals surface area (Å²) >= 11 is 6.15. The quantitative estimate of drug-likeness (QED) is 0.623. The van der Waals surface area contributed by atoms with Gasteiger partial charge in [0, 0.05) is 28.0 Å². The number of Topliss-reactive ketones (excluding diaryl/α,β-unsaturated/α-hetero) is 1. The molecule has 3 aromatic rings. The Kier molecular flexibility index (Phi) is 4.95. The number of carbonyl (C=O) groups is 1.